The van der Waals surface area contributed by atoms with Crippen LogP contribution in [0.2, 0.25) is 0 Å². The van der Waals surface area contributed by atoms with E-state index in [0.29, 0.717) is 11.4 Å². The van der Waals surface area contributed by atoms with E-state index < -0.39 is 5.41 Å². The molecule has 4 heteroatoms. The summed E-state index contributed by atoms with van der Waals surface area (Å²) in [7, 11) is 0. The number of hydrogen-bond donors (Lipinski definition) is 2. The highest BCUT2D eigenvalue weighted by Gasteiger charge is 2.45. The molecule has 238 valence electrons. The first-order valence-corrected chi connectivity index (χ1v) is 16.4. The van der Waals surface area contributed by atoms with Gasteiger partial charge in [0.2, 0.25) is 11.8 Å². The van der Waals surface area contributed by atoms with Crippen molar-refractivity contribution < 1.29 is 9.59 Å². The predicted octanol–water partition coefficient (Wildman–Crippen LogP) is 9.97. The average Bonchev–Trinajstić information content (AvgIpc) is 3.43. The molecule has 0 aliphatic heterocycles. The SMILES string of the molecule is Cc1ccc(C=CC(=O)Nc2ccc(C3(c4ccc(NC(=O)C=Cc5ccc(C)cc5)cc4)c4ccccc4-c4ccccc43)cc2)cc1. The fraction of sp³-hybridized carbons (Fsp3) is 0.0667. The Morgan fingerprint density at radius 1 is 0.469 bits per heavy atom. The van der Waals surface area contributed by atoms with Crippen molar-refractivity contribution in [2.45, 2.75) is 19.3 Å². The van der Waals surface area contributed by atoms with E-state index in [1.165, 1.54) is 33.4 Å². The fourth-order valence-electron chi connectivity index (χ4n) is 6.70. The molecule has 49 heavy (non-hydrogen) atoms. The van der Waals surface area contributed by atoms with Crippen LogP contribution in [0.15, 0.2) is 158 Å². The number of aryl methyl sites for hydroxylation is 2. The first-order valence-electron chi connectivity index (χ1n) is 16.4. The molecular weight excluding hydrogens is 601 g/mol. The van der Waals surface area contributed by atoms with Crippen LogP contribution in [0.25, 0.3) is 23.3 Å². The number of benzene rings is 6. The summed E-state index contributed by atoms with van der Waals surface area (Å²) in [6.45, 7) is 4.08. The predicted molar refractivity (Wildman–Crippen MR) is 201 cm³/mol. The number of amides is 2. The molecule has 0 fully saturated rings. The summed E-state index contributed by atoms with van der Waals surface area (Å²) in [4.78, 5) is 25.6. The Bertz CT molecular complexity index is 2030. The Morgan fingerprint density at radius 2 is 0.837 bits per heavy atom. The zero-order valence-electron chi connectivity index (χ0n) is 27.5. The Balaban J connectivity index is 1.20. The van der Waals surface area contributed by atoms with Crippen molar-refractivity contribution in [3.05, 3.63) is 202 Å². The van der Waals surface area contributed by atoms with Gasteiger partial charge in [0.15, 0.2) is 0 Å². The van der Waals surface area contributed by atoms with E-state index in [0.717, 1.165) is 22.3 Å². The first kappa shape index (κ1) is 31.3. The average molecular weight is 637 g/mol. The molecule has 2 amide bonds. The van der Waals surface area contributed by atoms with Gasteiger partial charge in [-0.1, -0.05) is 132 Å². The second-order valence-electron chi connectivity index (χ2n) is 12.5. The molecule has 0 saturated carbocycles. The molecule has 4 nitrogen and oxygen atoms in total. The smallest absolute Gasteiger partial charge is 0.248 e. The minimum absolute atomic E-state index is 0.189. The third-order valence-electron chi connectivity index (χ3n) is 9.13. The number of fused-ring (bicyclic) bond motifs is 3. The molecule has 0 atom stereocenters. The molecule has 6 aromatic carbocycles. The van der Waals surface area contributed by atoms with Crippen molar-refractivity contribution in [3.63, 3.8) is 0 Å². The van der Waals surface area contributed by atoms with E-state index >= 15 is 0 Å². The van der Waals surface area contributed by atoms with Crippen LogP contribution in [0.1, 0.15) is 44.5 Å². The Kier molecular flexibility index (Phi) is 8.61. The van der Waals surface area contributed by atoms with Crippen molar-refractivity contribution in [1.82, 2.24) is 0 Å². The Morgan fingerprint density at radius 3 is 1.22 bits per heavy atom. The normalized spacial score (nSPS) is 12.9. The molecule has 2 N–H and O–H groups in total. The van der Waals surface area contributed by atoms with Crippen LogP contribution in [-0.2, 0) is 15.0 Å². The molecule has 0 spiro atoms. The molecular formula is C45H36N2O2. The zero-order valence-corrected chi connectivity index (χ0v) is 27.5. The van der Waals surface area contributed by atoms with Crippen LogP contribution >= 0.6 is 0 Å². The van der Waals surface area contributed by atoms with Gasteiger partial charge in [0.25, 0.3) is 0 Å². The highest BCUT2D eigenvalue weighted by molar-refractivity contribution is 6.02. The third kappa shape index (κ3) is 6.37. The lowest BCUT2D eigenvalue weighted by atomic mass is 9.67. The van der Waals surface area contributed by atoms with Gasteiger partial charge in [-0.25, -0.2) is 0 Å². The summed E-state index contributed by atoms with van der Waals surface area (Å²) in [6, 6.07) is 49.5. The largest absolute Gasteiger partial charge is 0.323 e. The highest BCUT2D eigenvalue weighted by atomic mass is 16.2. The topological polar surface area (TPSA) is 58.2 Å². The number of rotatable bonds is 8. The Hall–Kier alpha value is -6.26. The molecule has 0 heterocycles. The van der Waals surface area contributed by atoms with Crippen LogP contribution in [-0.4, -0.2) is 11.8 Å². The van der Waals surface area contributed by atoms with Crippen molar-refractivity contribution in [1.29, 1.82) is 0 Å². The maximum Gasteiger partial charge on any atom is 0.248 e. The molecule has 0 saturated heterocycles. The van der Waals surface area contributed by atoms with E-state index in [-0.39, 0.29) is 11.8 Å². The van der Waals surface area contributed by atoms with Crippen LogP contribution in [0.3, 0.4) is 0 Å². The minimum Gasteiger partial charge on any atom is -0.323 e. The van der Waals surface area contributed by atoms with Crippen molar-refractivity contribution >= 4 is 35.3 Å². The van der Waals surface area contributed by atoms with Gasteiger partial charge in [0.05, 0.1) is 5.41 Å². The van der Waals surface area contributed by atoms with E-state index in [4.69, 9.17) is 0 Å². The van der Waals surface area contributed by atoms with Crippen LogP contribution in [0.5, 0.6) is 0 Å². The van der Waals surface area contributed by atoms with Gasteiger partial charge in [0.1, 0.15) is 0 Å². The quantitative estimate of drug-likeness (QED) is 0.163. The summed E-state index contributed by atoms with van der Waals surface area (Å²) >= 11 is 0. The monoisotopic (exact) mass is 636 g/mol. The van der Waals surface area contributed by atoms with Crippen LogP contribution < -0.4 is 10.6 Å². The van der Waals surface area contributed by atoms with E-state index in [1.807, 2.05) is 98.8 Å². The number of hydrogen-bond acceptors (Lipinski definition) is 2. The van der Waals surface area contributed by atoms with E-state index in [1.54, 1.807) is 12.2 Å². The van der Waals surface area contributed by atoms with Gasteiger partial charge < -0.3 is 10.6 Å². The molecule has 0 unspecified atom stereocenters. The van der Waals surface area contributed by atoms with Gasteiger partial charge in [-0.3, -0.25) is 9.59 Å². The summed E-state index contributed by atoms with van der Waals surface area (Å²) in [6.07, 6.45) is 6.75. The molecule has 1 aliphatic rings. The Labute approximate surface area is 287 Å². The maximum atomic E-state index is 12.8. The lowest BCUT2D eigenvalue weighted by molar-refractivity contribution is -0.112. The molecule has 0 aromatic heterocycles. The lowest BCUT2D eigenvalue weighted by Crippen LogP contribution is -2.28. The lowest BCUT2D eigenvalue weighted by Gasteiger charge is -2.34. The van der Waals surface area contributed by atoms with Crippen molar-refractivity contribution in [2.24, 2.45) is 0 Å². The minimum atomic E-state index is -0.602. The fourth-order valence-corrected chi connectivity index (χ4v) is 6.70. The van der Waals surface area contributed by atoms with Crippen molar-refractivity contribution in [3.8, 4) is 11.1 Å². The standard InChI is InChI=1S/C45H36N2O2/c1-31-11-15-33(16-12-31)19-29-43(48)46-37-25-21-35(22-26-37)45(41-9-5-3-7-39(41)40-8-4-6-10-42(40)45)36-23-27-38(28-24-36)47-44(49)30-20-34-17-13-32(2)14-18-34/h3-30H,1-2H3,(H,46,48)(H,47,49). The summed E-state index contributed by atoms with van der Waals surface area (Å²) in [5, 5.41) is 6.02. The number of anilines is 2. The van der Waals surface area contributed by atoms with Crippen molar-refractivity contribution in [2.75, 3.05) is 10.6 Å². The number of nitrogens with one attached hydrogen (secondary N) is 2. The number of carbonyl (C=O) groups excluding carboxylic acids is 2. The summed E-state index contributed by atoms with van der Waals surface area (Å²) in [5.41, 5.74) is 12.0. The third-order valence-corrected chi connectivity index (χ3v) is 9.13. The second-order valence-corrected chi connectivity index (χ2v) is 12.5. The molecule has 6 aromatic rings. The highest BCUT2D eigenvalue weighted by Crippen LogP contribution is 2.56. The van der Waals surface area contributed by atoms with Crippen LogP contribution in [0.4, 0.5) is 11.4 Å². The summed E-state index contributed by atoms with van der Waals surface area (Å²) < 4.78 is 0. The molecule has 0 radical (unpaired) electrons. The van der Waals surface area contributed by atoms with E-state index in [2.05, 4.69) is 83.4 Å². The second kappa shape index (κ2) is 13.5. The summed E-state index contributed by atoms with van der Waals surface area (Å²) in [5.74, 6) is -0.378. The molecule has 1 aliphatic carbocycles. The van der Waals surface area contributed by atoms with Gasteiger partial charge in [-0.05, 0) is 94.8 Å². The van der Waals surface area contributed by atoms with Crippen LogP contribution in [0, 0.1) is 13.8 Å². The van der Waals surface area contributed by atoms with Gasteiger partial charge in [0, 0.05) is 23.5 Å². The van der Waals surface area contributed by atoms with Gasteiger partial charge in [-0.15, -0.1) is 0 Å². The van der Waals surface area contributed by atoms with Gasteiger partial charge in [-0.2, -0.15) is 0 Å². The molecule has 0 bridgehead atoms. The zero-order chi connectivity index (χ0) is 33.8. The maximum absolute atomic E-state index is 12.8. The van der Waals surface area contributed by atoms with Gasteiger partial charge >= 0.3 is 0 Å². The van der Waals surface area contributed by atoms with E-state index in [9.17, 15) is 9.59 Å². The number of carbonyl (C=O) groups is 2. The molecule has 7 rings (SSSR count). The first-order chi connectivity index (χ1) is 23.9.